The summed E-state index contributed by atoms with van der Waals surface area (Å²) in [7, 11) is 0. The van der Waals surface area contributed by atoms with E-state index in [1.807, 2.05) is 41.6 Å². The lowest BCUT2D eigenvalue weighted by Gasteiger charge is -2.31. The fourth-order valence-electron chi connectivity index (χ4n) is 3.47. The van der Waals surface area contributed by atoms with Crippen molar-refractivity contribution in [3.8, 4) is 0 Å². The standard InChI is InChI=1S/C22H30N4O2/c1-18-5-7-19(8-6-18)17-24-21(27)20-9-15-26(16-10-20)22(28)23-11-4-14-25-12-2-3-13-25/h2-3,5-8,12-13,20H,4,9-11,14-17H2,1H3,(H,23,28)(H,24,27). The van der Waals surface area contributed by atoms with E-state index in [1.54, 1.807) is 0 Å². The van der Waals surface area contributed by atoms with Crippen LogP contribution in [0.5, 0.6) is 0 Å². The van der Waals surface area contributed by atoms with Crippen LogP contribution in [-0.4, -0.2) is 41.0 Å². The number of amides is 3. The molecule has 3 rings (SSSR count). The topological polar surface area (TPSA) is 66.4 Å². The minimum absolute atomic E-state index is 0.0109. The number of aryl methyl sites for hydroxylation is 2. The smallest absolute Gasteiger partial charge is 0.317 e. The minimum Gasteiger partial charge on any atom is -0.354 e. The van der Waals surface area contributed by atoms with Crippen LogP contribution in [0.1, 0.15) is 30.4 Å². The molecule has 2 aromatic rings. The molecule has 150 valence electrons. The number of nitrogens with one attached hydrogen (secondary N) is 2. The number of carbonyl (C=O) groups is 2. The second kappa shape index (κ2) is 9.97. The Morgan fingerprint density at radius 1 is 1.04 bits per heavy atom. The van der Waals surface area contributed by atoms with Crippen LogP contribution in [0.3, 0.4) is 0 Å². The molecule has 0 radical (unpaired) electrons. The number of nitrogens with zero attached hydrogens (tertiary/aromatic N) is 2. The SMILES string of the molecule is Cc1ccc(CNC(=O)C2CCN(C(=O)NCCCn3cccc3)CC2)cc1. The van der Waals surface area contributed by atoms with Crippen LogP contribution in [0, 0.1) is 12.8 Å². The van der Waals surface area contributed by atoms with Crippen molar-refractivity contribution >= 4 is 11.9 Å². The zero-order chi connectivity index (χ0) is 19.8. The molecule has 1 aliphatic rings. The summed E-state index contributed by atoms with van der Waals surface area (Å²) in [4.78, 5) is 26.5. The third kappa shape index (κ3) is 5.87. The molecule has 1 aliphatic heterocycles. The minimum atomic E-state index is -0.0222. The number of carbonyl (C=O) groups excluding carboxylic acids is 2. The van der Waals surface area contributed by atoms with Gasteiger partial charge in [-0.3, -0.25) is 4.79 Å². The molecule has 2 heterocycles. The van der Waals surface area contributed by atoms with Gasteiger partial charge in [-0.2, -0.15) is 0 Å². The maximum atomic E-state index is 12.4. The average molecular weight is 383 g/mol. The molecule has 3 amide bonds. The van der Waals surface area contributed by atoms with Gasteiger partial charge in [0.25, 0.3) is 0 Å². The van der Waals surface area contributed by atoms with Gasteiger partial charge in [-0.05, 0) is 43.9 Å². The van der Waals surface area contributed by atoms with Gasteiger partial charge in [0, 0.05) is 51.0 Å². The molecule has 1 aromatic carbocycles. The van der Waals surface area contributed by atoms with E-state index in [0.717, 1.165) is 31.4 Å². The second-order valence-corrected chi connectivity index (χ2v) is 7.47. The van der Waals surface area contributed by atoms with E-state index in [9.17, 15) is 9.59 Å². The van der Waals surface area contributed by atoms with Crippen molar-refractivity contribution in [1.82, 2.24) is 20.1 Å². The summed E-state index contributed by atoms with van der Waals surface area (Å²) < 4.78 is 2.10. The quantitative estimate of drug-likeness (QED) is 0.723. The van der Waals surface area contributed by atoms with Crippen LogP contribution < -0.4 is 10.6 Å². The predicted octanol–water partition coefficient (Wildman–Crippen LogP) is 2.92. The summed E-state index contributed by atoms with van der Waals surface area (Å²) in [6.07, 6.45) is 6.39. The number of hydrogen-bond acceptors (Lipinski definition) is 2. The zero-order valence-electron chi connectivity index (χ0n) is 16.6. The van der Waals surface area contributed by atoms with Crippen molar-refractivity contribution in [2.24, 2.45) is 5.92 Å². The van der Waals surface area contributed by atoms with E-state index in [1.165, 1.54) is 5.56 Å². The summed E-state index contributed by atoms with van der Waals surface area (Å²) in [6, 6.07) is 12.2. The van der Waals surface area contributed by atoms with Gasteiger partial charge in [-0.15, -0.1) is 0 Å². The summed E-state index contributed by atoms with van der Waals surface area (Å²) in [5.74, 6) is 0.0793. The highest BCUT2D eigenvalue weighted by Gasteiger charge is 2.26. The Balaban J connectivity index is 1.32. The average Bonchev–Trinajstić information content (AvgIpc) is 3.24. The molecule has 0 spiro atoms. The maximum Gasteiger partial charge on any atom is 0.317 e. The van der Waals surface area contributed by atoms with Crippen molar-refractivity contribution < 1.29 is 9.59 Å². The van der Waals surface area contributed by atoms with Gasteiger partial charge in [-0.25, -0.2) is 4.79 Å². The van der Waals surface area contributed by atoms with Gasteiger partial charge in [-0.1, -0.05) is 29.8 Å². The Morgan fingerprint density at radius 2 is 1.71 bits per heavy atom. The van der Waals surface area contributed by atoms with Gasteiger partial charge in [0.1, 0.15) is 0 Å². The molecule has 28 heavy (non-hydrogen) atoms. The lowest BCUT2D eigenvalue weighted by molar-refractivity contribution is -0.126. The first-order valence-corrected chi connectivity index (χ1v) is 10.1. The predicted molar refractivity (Wildman–Crippen MR) is 110 cm³/mol. The van der Waals surface area contributed by atoms with E-state index >= 15 is 0 Å². The number of benzene rings is 1. The highest BCUT2D eigenvalue weighted by atomic mass is 16.2. The maximum absolute atomic E-state index is 12.4. The molecule has 2 N–H and O–H groups in total. The van der Waals surface area contributed by atoms with E-state index in [-0.39, 0.29) is 17.9 Å². The molecule has 0 saturated carbocycles. The first kappa shape index (κ1) is 20.0. The Bertz CT molecular complexity index is 747. The third-order valence-electron chi connectivity index (χ3n) is 5.28. The first-order chi connectivity index (χ1) is 13.6. The van der Waals surface area contributed by atoms with Crippen molar-refractivity contribution in [2.45, 2.75) is 39.3 Å². The number of aromatic nitrogens is 1. The molecular weight excluding hydrogens is 352 g/mol. The summed E-state index contributed by atoms with van der Waals surface area (Å²) >= 11 is 0. The number of piperidine rings is 1. The summed E-state index contributed by atoms with van der Waals surface area (Å²) in [5, 5.41) is 6.01. The Kier molecular flexibility index (Phi) is 7.12. The number of urea groups is 1. The Labute approximate surface area is 166 Å². The van der Waals surface area contributed by atoms with Crippen molar-refractivity contribution in [1.29, 1.82) is 0 Å². The zero-order valence-corrected chi connectivity index (χ0v) is 16.6. The van der Waals surface area contributed by atoms with Crippen LogP contribution in [0.4, 0.5) is 4.79 Å². The van der Waals surface area contributed by atoms with E-state index in [4.69, 9.17) is 0 Å². The fraction of sp³-hybridized carbons (Fsp3) is 0.455. The van der Waals surface area contributed by atoms with Gasteiger partial charge >= 0.3 is 6.03 Å². The monoisotopic (exact) mass is 382 g/mol. The van der Waals surface area contributed by atoms with Crippen molar-refractivity contribution in [3.63, 3.8) is 0 Å². The molecule has 1 fully saturated rings. The largest absolute Gasteiger partial charge is 0.354 e. The van der Waals surface area contributed by atoms with Crippen molar-refractivity contribution in [2.75, 3.05) is 19.6 Å². The molecule has 0 unspecified atom stereocenters. The summed E-state index contributed by atoms with van der Waals surface area (Å²) in [5.41, 5.74) is 2.32. The van der Waals surface area contributed by atoms with Crippen LogP contribution in [0.15, 0.2) is 48.8 Å². The van der Waals surface area contributed by atoms with Gasteiger partial charge in [0.05, 0.1) is 0 Å². The highest BCUT2D eigenvalue weighted by Crippen LogP contribution is 2.17. The second-order valence-electron chi connectivity index (χ2n) is 7.47. The van der Waals surface area contributed by atoms with Crippen LogP contribution in [0.25, 0.3) is 0 Å². The van der Waals surface area contributed by atoms with Gasteiger partial charge in [0.2, 0.25) is 5.91 Å². The number of likely N-dealkylation sites (tertiary alicyclic amines) is 1. The first-order valence-electron chi connectivity index (χ1n) is 10.1. The molecule has 6 heteroatoms. The Morgan fingerprint density at radius 3 is 2.39 bits per heavy atom. The van der Waals surface area contributed by atoms with Gasteiger partial charge < -0.3 is 20.1 Å². The van der Waals surface area contributed by atoms with E-state index < -0.39 is 0 Å². The van der Waals surface area contributed by atoms with E-state index in [2.05, 4.69) is 34.3 Å². The highest BCUT2D eigenvalue weighted by molar-refractivity contribution is 5.79. The molecule has 1 saturated heterocycles. The molecule has 0 atom stereocenters. The molecule has 1 aromatic heterocycles. The lowest BCUT2D eigenvalue weighted by atomic mass is 9.96. The lowest BCUT2D eigenvalue weighted by Crippen LogP contribution is -2.47. The molecule has 0 bridgehead atoms. The third-order valence-corrected chi connectivity index (χ3v) is 5.28. The molecule has 6 nitrogen and oxygen atoms in total. The summed E-state index contributed by atoms with van der Waals surface area (Å²) in [6.45, 7) is 5.43. The fourth-order valence-corrected chi connectivity index (χ4v) is 3.47. The van der Waals surface area contributed by atoms with Gasteiger partial charge in [0.15, 0.2) is 0 Å². The van der Waals surface area contributed by atoms with Crippen molar-refractivity contribution in [3.05, 3.63) is 59.9 Å². The van der Waals surface area contributed by atoms with E-state index in [0.29, 0.717) is 26.2 Å². The number of hydrogen-bond donors (Lipinski definition) is 2. The Hall–Kier alpha value is -2.76. The molecular formula is C22H30N4O2. The molecule has 0 aliphatic carbocycles. The normalized spacial score (nSPS) is 14.7. The number of rotatable bonds is 7. The van der Waals surface area contributed by atoms with Crippen LogP contribution in [0.2, 0.25) is 0 Å². The van der Waals surface area contributed by atoms with Crippen LogP contribution in [-0.2, 0) is 17.9 Å². The van der Waals surface area contributed by atoms with Crippen LogP contribution >= 0.6 is 0 Å².